The van der Waals surface area contributed by atoms with Gasteiger partial charge < -0.3 is 14.9 Å². The van der Waals surface area contributed by atoms with E-state index in [1.54, 1.807) is 13.8 Å². The second-order valence-corrected chi connectivity index (χ2v) is 6.49. The molecule has 0 bridgehead atoms. The normalized spacial score (nSPS) is 27.5. The number of carbonyl (C=O) groups is 2. The van der Waals surface area contributed by atoms with Crippen molar-refractivity contribution in [3.05, 3.63) is 33.8 Å². The van der Waals surface area contributed by atoms with Crippen molar-refractivity contribution in [3.63, 3.8) is 0 Å². The van der Waals surface area contributed by atoms with Crippen molar-refractivity contribution in [3.8, 4) is 0 Å². The number of rotatable bonds is 3. The SMILES string of the molecule is CC1(C)CC(C(=O)O)OC1(C(=O)O)c1ccc(Cl)cc1Cl. The molecule has 2 unspecified atom stereocenters. The summed E-state index contributed by atoms with van der Waals surface area (Å²) in [4.78, 5) is 23.1. The van der Waals surface area contributed by atoms with Gasteiger partial charge in [-0.2, -0.15) is 0 Å². The van der Waals surface area contributed by atoms with Gasteiger partial charge in [0, 0.05) is 21.0 Å². The van der Waals surface area contributed by atoms with Gasteiger partial charge in [0.1, 0.15) is 0 Å². The maximum Gasteiger partial charge on any atom is 0.341 e. The number of benzene rings is 1. The molecule has 1 aromatic carbocycles. The summed E-state index contributed by atoms with van der Waals surface area (Å²) in [6.07, 6.45) is -1.14. The van der Waals surface area contributed by atoms with Gasteiger partial charge in [-0.15, -0.1) is 0 Å². The van der Waals surface area contributed by atoms with E-state index >= 15 is 0 Å². The van der Waals surface area contributed by atoms with Crippen molar-refractivity contribution < 1.29 is 24.5 Å². The molecule has 5 nitrogen and oxygen atoms in total. The topological polar surface area (TPSA) is 83.8 Å². The summed E-state index contributed by atoms with van der Waals surface area (Å²) < 4.78 is 5.47. The van der Waals surface area contributed by atoms with Crippen molar-refractivity contribution >= 4 is 35.1 Å². The minimum atomic E-state index is -1.84. The smallest absolute Gasteiger partial charge is 0.341 e. The number of ether oxygens (including phenoxy) is 1. The summed E-state index contributed by atoms with van der Waals surface area (Å²) >= 11 is 12.0. The Labute approximate surface area is 131 Å². The molecule has 2 atom stereocenters. The van der Waals surface area contributed by atoms with E-state index in [0.717, 1.165) is 0 Å². The van der Waals surface area contributed by atoms with E-state index in [0.29, 0.717) is 5.02 Å². The van der Waals surface area contributed by atoms with Gasteiger partial charge in [-0.25, -0.2) is 9.59 Å². The maximum absolute atomic E-state index is 11.9. The zero-order chi connectivity index (χ0) is 16.0. The first-order valence-corrected chi connectivity index (χ1v) is 6.97. The van der Waals surface area contributed by atoms with Crippen molar-refractivity contribution in [1.82, 2.24) is 0 Å². The van der Waals surface area contributed by atoms with Crippen LogP contribution in [0.1, 0.15) is 25.8 Å². The highest BCUT2D eigenvalue weighted by molar-refractivity contribution is 6.35. The number of hydrogen-bond acceptors (Lipinski definition) is 3. The minimum absolute atomic E-state index is 0.0631. The highest BCUT2D eigenvalue weighted by atomic mass is 35.5. The Morgan fingerprint density at radius 2 is 1.90 bits per heavy atom. The molecule has 1 heterocycles. The Morgan fingerprint density at radius 3 is 2.33 bits per heavy atom. The molecule has 0 aromatic heterocycles. The van der Waals surface area contributed by atoms with Gasteiger partial charge in [0.2, 0.25) is 0 Å². The van der Waals surface area contributed by atoms with Gasteiger partial charge in [0.05, 0.1) is 0 Å². The van der Waals surface area contributed by atoms with E-state index in [1.165, 1.54) is 18.2 Å². The molecule has 7 heteroatoms. The lowest BCUT2D eigenvalue weighted by molar-refractivity contribution is -0.180. The molecule has 1 saturated heterocycles. The monoisotopic (exact) mass is 332 g/mol. The average molecular weight is 333 g/mol. The Bertz CT molecular complexity index is 613. The number of aliphatic carboxylic acids is 2. The lowest BCUT2D eigenvalue weighted by Crippen LogP contribution is -2.46. The van der Waals surface area contributed by atoms with Gasteiger partial charge in [-0.05, 0) is 18.6 Å². The molecule has 2 rings (SSSR count). The summed E-state index contributed by atoms with van der Waals surface area (Å²) in [7, 11) is 0. The van der Waals surface area contributed by atoms with Crippen LogP contribution < -0.4 is 0 Å². The Balaban J connectivity index is 2.66. The van der Waals surface area contributed by atoms with Crippen LogP contribution in [0.25, 0.3) is 0 Å². The standard InChI is InChI=1S/C14H14Cl2O5/c1-13(2)6-10(11(17)18)21-14(13,12(19)20)8-4-3-7(15)5-9(8)16/h3-5,10H,6H2,1-2H3,(H,17,18)(H,19,20). The molecule has 1 aromatic rings. The highest BCUT2D eigenvalue weighted by Crippen LogP contribution is 2.54. The van der Waals surface area contributed by atoms with E-state index in [-0.39, 0.29) is 17.0 Å². The predicted molar refractivity (Wildman–Crippen MR) is 76.7 cm³/mol. The third-order valence-corrected chi connectivity index (χ3v) is 4.40. The number of carboxylic acids is 2. The zero-order valence-electron chi connectivity index (χ0n) is 11.4. The lowest BCUT2D eigenvalue weighted by Gasteiger charge is -2.36. The predicted octanol–water partition coefficient (Wildman–Crippen LogP) is 3.17. The first-order chi connectivity index (χ1) is 9.61. The molecule has 0 radical (unpaired) electrons. The molecule has 1 fully saturated rings. The van der Waals surface area contributed by atoms with Crippen molar-refractivity contribution in [1.29, 1.82) is 0 Å². The molecule has 1 aliphatic rings. The first-order valence-electron chi connectivity index (χ1n) is 6.21. The maximum atomic E-state index is 11.9. The van der Waals surface area contributed by atoms with Crippen LogP contribution in [0.4, 0.5) is 0 Å². The fourth-order valence-electron chi connectivity index (χ4n) is 2.82. The van der Waals surface area contributed by atoms with E-state index in [1.807, 2.05) is 0 Å². The molecular formula is C14H14Cl2O5. The molecule has 0 amide bonds. The molecule has 0 aliphatic carbocycles. The quantitative estimate of drug-likeness (QED) is 0.888. The zero-order valence-corrected chi connectivity index (χ0v) is 12.9. The van der Waals surface area contributed by atoms with E-state index in [9.17, 15) is 14.7 Å². The minimum Gasteiger partial charge on any atom is -0.479 e. The third kappa shape index (κ3) is 2.39. The lowest BCUT2D eigenvalue weighted by atomic mass is 9.70. The summed E-state index contributed by atoms with van der Waals surface area (Å²) in [6.45, 7) is 3.30. The van der Waals surface area contributed by atoms with E-state index < -0.39 is 29.1 Å². The first kappa shape index (κ1) is 16.1. The van der Waals surface area contributed by atoms with E-state index in [4.69, 9.17) is 33.0 Å². The van der Waals surface area contributed by atoms with Gasteiger partial charge in [-0.3, -0.25) is 0 Å². The molecule has 114 valence electrons. The number of carboxylic acid groups (broad SMARTS) is 2. The van der Waals surface area contributed by atoms with Crippen LogP contribution >= 0.6 is 23.2 Å². The molecular weight excluding hydrogens is 319 g/mol. The summed E-state index contributed by atoms with van der Waals surface area (Å²) in [5.41, 5.74) is -2.59. The second-order valence-electron chi connectivity index (χ2n) is 5.64. The van der Waals surface area contributed by atoms with Crippen molar-refractivity contribution in [2.24, 2.45) is 5.41 Å². The third-order valence-electron chi connectivity index (χ3n) is 3.85. The van der Waals surface area contributed by atoms with Crippen molar-refractivity contribution in [2.75, 3.05) is 0 Å². The van der Waals surface area contributed by atoms with Crippen LogP contribution in [0, 0.1) is 5.41 Å². The second kappa shape index (κ2) is 5.16. The Morgan fingerprint density at radius 1 is 1.29 bits per heavy atom. The average Bonchev–Trinajstić information content (AvgIpc) is 2.62. The summed E-state index contributed by atoms with van der Waals surface area (Å²) in [5.74, 6) is -2.48. The molecule has 2 N–H and O–H groups in total. The molecule has 0 spiro atoms. The Kier molecular flexibility index (Phi) is 3.95. The molecule has 1 aliphatic heterocycles. The van der Waals surface area contributed by atoms with Crippen LogP contribution in [0.3, 0.4) is 0 Å². The van der Waals surface area contributed by atoms with E-state index in [2.05, 4.69) is 0 Å². The summed E-state index contributed by atoms with van der Waals surface area (Å²) in [6, 6.07) is 4.38. The van der Waals surface area contributed by atoms with Gasteiger partial charge >= 0.3 is 11.9 Å². The molecule has 21 heavy (non-hydrogen) atoms. The van der Waals surface area contributed by atoms with Gasteiger partial charge in [-0.1, -0.05) is 43.1 Å². The van der Waals surface area contributed by atoms with Crippen LogP contribution in [0.2, 0.25) is 10.0 Å². The van der Waals surface area contributed by atoms with Crippen LogP contribution in [0.5, 0.6) is 0 Å². The Hall–Kier alpha value is -1.30. The van der Waals surface area contributed by atoms with Gasteiger partial charge in [0.15, 0.2) is 11.7 Å². The fraction of sp³-hybridized carbons (Fsp3) is 0.429. The number of hydrogen-bond donors (Lipinski definition) is 2. The van der Waals surface area contributed by atoms with Crippen LogP contribution in [-0.2, 0) is 19.9 Å². The van der Waals surface area contributed by atoms with Crippen LogP contribution in [0.15, 0.2) is 18.2 Å². The molecule has 0 saturated carbocycles. The van der Waals surface area contributed by atoms with Gasteiger partial charge in [0.25, 0.3) is 0 Å². The van der Waals surface area contributed by atoms with Crippen LogP contribution in [-0.4, -0.2) is 28.3 Å². The van der Waals surface area contributed by atoms with Crippen molar-refractivity contribution in [2.45, 2.75) is 32.0 Å². The summed E-state index contributed by atoms with van der Waals surface area (Å²) in [5, 5.41) is 19.4. The highest BCUT2D eigenvalue weighted by Gasteiger charge is 2.62. The number of halogens is 2. The fourth-order valence-corrected chi connectivity index (χ4v) is 3.36. The largest absolute Gasteiger partial charge is 0.479 e.